The topological polar surface area (TPSA) is 52.3 Å². The number of nitrogens with two attached hydrogens (primary N) is 1. The fourth-order valence-electron chi connectivity index (χ4n) is 1.36. The number of primary amides is 1. The van der Waals surface area contributed by atoms with Gasteiger partial charge in [0.25, 0.3) is 0 Å². The molecule has 2 unspecified atom stereocenters. The molecule has 2 N–H and O–H groups in total. The van der Waals surface area contributed by atoms with E-state index in [-0.39, 0.29) is 11.8 Å². The van der Waals surface area contributed by atoms with Gasteiger partial charge in [0.2, 0.25) is 5.91 Å². The van der Waals surface area contributed by atoms with Gasteiger partial charge in [-0.05, 0) is 18.8 Å². The number of amides is 1. The number of hydrogen-bond donors (Lipinski definition) is 1. The van der Waals surface area contributed by atoms with Gasteiger partial charge in [-0.1, -0.05) is 0 Å². The van der Waals surface area contributed by atoms with Gasteiger partial charge in [-0.2, -0.15) is 0 Å². The molecule has 3 heteroatoms. The van der Waals surface area contributed by atoms with Gasteiger partial charge in [0, 0.05) is 19.6 Å². The molecule has 0 bridgehead atoms. The Morgan fingerprint density at radius 3 is 2.70 bits per heavy atom. The largest absolute Gasteiger partial charge is 0.384 e. The predicted octanol–water partition coefficient (Wildman–Crippen LogP) is 0.144. The van der Waals surface area contributed by atoms with Crippen molar-refractivity contribution >= 4 is 5.91 Å². The van der Waals surface area contributed by atoms with E-state index in [4.69, 9.17) is 10.5 Å². The van der Waals surface area contributed by atoms with Gasteiger partial charge >= 0.3 is 0 Å². The smallest absolute Gasteiger partial charge is 0.220 e. The molecule has 0 aromatic rings. The maximum Gasteiger partial charge on any atom is 0.220 e. The van der Waals surface area contributed by atoms with Crippen LogP contribution in [0.3, 0.4) is 0 Å². The van der Waals surface area contributed by atoms with Crippen molar-refractivity contribution in [1.82, 2.24) is 0 Å². The molecule has 0 saturated heterocycles. The number of hydrogen-bond acceptors (Lipinski definition) is 2. The van der Waals surface area contributed by atoms with Crippen LogP contribution in [0.25, 0.3) is 0 Å². The highest BCUT2D eigenvalue weighted by Gasteiger charge is 2.34. The summed E-state index contributed by atoms with van der Waals surface area (Å²) in [5.74, 6) is 0.302. The number of methoxy groups -OCH3 is 1. The number of carbonyl (C=O) groups excluding carboxylic acids is 1. The summed E-state index contributed by atoms with van der Waals surface area (Å²) in [6.07, 6.45) is 2.03. The summed E-state index contributed by atoms with van der Waals surface area (Å²) < 4.78 is 4.92. The highest BCUT2D eigenvalue weighted by molar-refractivity contribution is 5.77. The molecule has 10 heavy (non-hydrogen) atoms. The second kappa shape index (κ2) is 3.01. The van der Waals surface area contributed by atoms with Crippen molar-refractivity contribution in [3.63, 3.8) is 0 Å². The Kier molecular flexibility index (Phi) is 2.27. The summed E-state index contributed by atoms with van der Waals surface area (Å²) in [5.41, 5.74) is 5.12. The van der Waals surface area contributed by atoms with E-state index in [2.05, 4.69) is 0 Å². The molecule has 1 fully saturated rings. The predicted molar refractivity (Wildman–Crippen MR) is 37.3 cm³/mol. The molecule has 1 saturated carbocycles. The van der Waals surface area contributed by atoms with E-state index in [1.807, 2.05) is 0 Å². The van der Waals surface area contributed by atoms with Crippen LogP contribution in [-0.4, -0.2) is 19.6 Å². The second-order valence-electron chi connectivity index (χ2n) is 2.80. The summed E-state index contributed by atoms with van der Waals surface area (Å²) in [7, 11) is 1.65. The quantitative estimate of drug-likeness (QED) is 0.611. The Hall–Kier alpha value is -0.570. The van der Waals surface area contributed by atoms with Gasteiger partial charge in [0.15, 0.2) is 0 Å². The van der Waals surface area contributed by atoms with Crippen molar-refractivity contribution in [3.05, 3.63) is 0 Å². The highest BCUT2D eigenvalue weighted by Crippen LogP contribution is 2.33. The van der Waals surface area contributed by atoms with Crippen LogP contribution in [0.2, 0.25) is 0 Å². The molecular formula is C7H13NO2. The van der Waals surface area contributed by atoms with Crippen molar-refractivity contribution in [2.75, 3.05) is 13.7 Å². The van der Waals surface area contributed by atoms with Gasteiger partial charge in [-0.25, -0.2) is 0 Å². The average molecular weight is 143 g/mol. The Bertz CT molecular complexity index is 136. The van der Waals surface area contributed by atoms with Gasteiger partial charge in [0.1, 0.15) is 0 Å². The van der Waals surface area contributed by atoms with Gasteiger partial charge in [-0.15, -0.1) is 0 Å². The third-order valence-electron chi connectivity index (χ3n) is 2.16. The molecule has 1 amide bonds. The Balaban J connectivity index is 2.28. The molecule has 2 atom stereocenters. The third-order valence-corrected chi connectivity index (χ3v) is 2.16. The molecule has 0 radical (unpaired) electrons. The summed E-state index contributed by atoms with van der Waals surface area (Å²) in [6.45, 7) is 0.674. The van der Waals surface area contributed by atoms with Crippen LogP contribution in [0, 0.1) is 11.8 Å². The molecule has 3 nitrogen and oxygen atoms in total. The molecule has 58 valence electrons. The first kappa shape index (κ1) is 7.54. The fraction of sp³-hybridized carbons (Fsp3) is 0.857. The Labute approximate surface area is 60.5 Å². The van der Waals surface area contributed by atoms with Gasteiger partial charge in [-0.3, -0.25) is 4.79 Å². The Morgan fingerprint density at radius 2 is 2.40 bits per heavy atom. The lowest BCUT2D eigenvalue weighted by Gasteiger charge is -2.33. The molecule has 0 spiro atoms. The van der Waals surface area contributed by atoms with Crippen LogP contribution in [0.4, 0.5) is 0 Å². The van der Waals surface area contributed by atoms with Crippen LogP contribution in [-0.2, 0) is 9.53 Å². The lowest BCUT2D eigenvalue weighted by Crippen LogP contribution is -2.39. The van der Waals surface area contributed by atoms with E-state index in [0.29, 0.717) is 12.5 Å². The van der Waals surface area contributed by atoms with Crippen molar-refractivity contribution in [2.24, 2.45) is 17.6 Å². The van der Waals surface area contributed by atoms with Crippen molar-refractivity contribution in [2.45, 2.75) is 12.8 Å². The zero-order chi connectivity index (χ0) is 7.56. The van der Waals surface area contributed by atoms with E-state index < -0.39 is 0 Å². The number of carbonyl (C=O) groups is 1. The summed E-state index contributed by atoms with van der Waals surface area (Å²) in [4.78, 5) is 10.6. The summed E-state index contributed by atoms with van der Waals surface area (Å²) >= 11 is 0. The molecule has 1 rings (SSSR count). The average Bonchev–Trinajstić information content (AvgIpc) is 1.78. The minimum atomic E-state index is -0.173. The molecule has 0 heterocycles. The fourth-order valence-corrected chi connectivity index (χ4v) is 1.36. The molecule has 0 aromatic carbocycles. The van der Waals surface area contributed by atoms with Crippen LogP contribution in [0.15, 0.2) is 0 Å². The first-order valence-corrected chi connectivity index (χ1v) is 3.54. The minimum absolute atomic E-state index is 0.0833. The monoisotopic (exact) mass is 143 g/mol. The lowest BCUT2D eigenvalue weighted by molar-refractivity contribution is -0.128. The van der Waals surface area contributed by atoms with Crippen LogP contribution in [0.1, 0.15) is 12.8 Å². The van der Waals surface area contributed by atoms with Gasteiger partial charge < -0.3 is 10.5 Å². The van der Waals surface area contributed by atoms with E-state index in [1.165, 1.54) is 0 Å². The first-order valence-electron chi connectivity index (χ1n) is 3.54. The molecule has 1 aliphatic rings. The minimum Gasteiger partial charge on any atom is -0.384 e. The third kappa shape index (κ3) is 1.29. The zero-order valence-corrected chi connectivity index (χ0v) is 6.17. The van der Waals surface area contributed by atoms with E-state index in [1.54, 1.807) is 7.11 Å². The number of ether oxygens (including phenoxy) is 1. The Morgan fingerprint density at radius 1 is 1.70 bits per heavy atom. The maximum atomic E-state index is 10.6. The highest BCUT2D eigenvalue weighted by atomic mass is 16.5. The molecule has 0 aliphatic heterocycles. The van der Waals surface area contributed by atoms with Crippen molar-refractivity contribution < 1.29 is 9.53 Å². The first-order chi connectivity index (χ1) is 4.75. The normalized spacial score (nSPS) is 31.3. The van der Waals surface area contributed by atoms with Crippen molar-refractivity contribution in [1.29, 1.82) is 0 Å². The van der Waals surface area contributed by atoms with Crippen molar-refractivity contribution in [3.8, 4) is 0 Å². The van der Waals surface area contributed by atoms with Crippen LogP contribution < -0.4 is 5.73 Å². The summed E-state index contributed by atoms with van der Waals surface area (Å²) in [6, 6.07) is 0. The molecular weight excluding hydrogens is 130 g/mol. The lowest BCUT2D eigenvalue weighted by atomic mass is 9.74. The SMILES string of the molecule is COCC1CCC1C(N)=O. The second-order valence-corrected chi connectivity index (χ2v) is 2.80. The maximum absolute atomic E-state index is 10.6. The van der Waals surface area contributed by atoms with Crippen LogP contribution in [0.5, 0.6) is 0 Å². The van der Waals surface area contributed by atoms with E-state index >= 15 is 0 Å². The molecule has 1 aliphatic carbocycles. The van der Waals surface area contributed by atoms with Crippen LogP contribution >= 0.6 is 0 Å². The van der Waals surface area contributed by atoms with E-state index in [9.17, 15) is 4.79 Å². The standard InChI is InChI=1S/C7H13NO2/c1-10-4-5-2-3-6(5)7(8)9/h5-6H,2-4H2,1H3,(H2,8,9). The number of rotatable bonds is 3. The van der Waals surface area contributed by atoms with Gasteiger partial charge in [0.05, 0.1) is 0 Å². The zero-order valence-electron chi connectivity index (χ0n) is 6.17. The summed E-state index contributed by atoms with van der Waals surface area (Å²) in [5, 5.41) is 0. The van der Waals surface area contributed by atoms with E-state index in [0.717, 1.165) is 12.8 Å². The molecule has 0 aromatic heterocycles.